The fourth-order valence-corrected chi connectivity index (χ4v) is 8.70. The summed E-state index contributed by atoms with van der Waals surface area (Å²) < 4.78 is 2.13. The molecule has 264 valence electrons. The predicted octanol–water partition coefficient (Wildman–Crippen LogP) is 13.1. The second-order valence-corrected chi connectivity index (χ2v) is 14.7. The molecule has 7 aromatic carbocycles. The van der Waals surface area contributed by atoms with E-state index >= 15 is 0 Å². The van der Waals surface area contributed by atoms with Gasteiger partial charge >= 0.3 is 0 Å². The molecule has 0 aliphatic heterocycles. The fourth-order valence-electron chi connectivity index (χ4n) is 8.70. The molecule has 0 amide bonds. The quantitative estimate of drug-likeness (QED) is 0.170. The number of hydrogen-bond acceptors (Lipinski definition) is 4. The number of aromatic nitrogens is 5. The minimum absolute atomic E-state index is 0.930. The van der Waals surface area contributed by atoms with E-state index in [1.54, 1.807) is 0 Å². The zero-order chi connectivity index (χ0) is 37.5. The molecule has 5 nitrogen and oxygen atoms in total. The summed E-state index contributed by atoms with van der Waals surface area (Å²) in [5.41, 5.74) is 12.5. The molecular formula is C52H31N5. The van der Waals surface area contributed by atoms with Gasteiger partial charge in [0.1, 0.15) is 5.65 Å². The molecule has 5 heteroatoms. The van der Waals surface area contributed by atoms with Crippen LogP contribution in [-0.2, 0) is 0 Å². The van der Waals surface area contributed by atoms with Crippen molar-refractivity contribution < 1.29 is 0 Å². The fraction of sp³-hybridized carbons (Fsp3) is 0. The van der Waals surface area contributed by atoms with Crippen LogP contribution >= 0.6 is 0 Å². The van der Waals surface area contributed by atoms with E-state index in [2.05, 4.69) is 167 Å². The van der Waals surface area contributed by atoms with Crippen LogP contribution in [0, 0.1) is 0 Å². The van der Waals surface area contributed by atoms with Crippen molar-refractivity contribution in [1.82, 2.24) is 24.3 Å². The summed E-state index contributed by atoms with van der Waals surface area (Å²) in [6.07, 6.45) is 7.90. The standard InChI is InChI=1S/C52H31N5/c1-2-8-33(9-3-1)47-31-57-27-24-44-48(52(57)56-47)43-11-4-5-13-46(43)55-49(44)34-16-14-32(15-17-34)35-20-22-40-36(28-35)18-19-37-29-38(21-23-41(37)40)45-30-39-10-6-25-53-50(39)51-42(45)12-7-26-54-51/h1-31H. The summed E-state index contributed by atoms with van der Waals surface area (Å²) in [7, 11) is 0. The lowest BCUT2D eigenvalue weighted by Crippen LogP contribution is -1.93. The first-order valence-corrected chi connectivity index (χ1v) is 19.2. The molecule has 0 N–H and O–H groups in total. The summed E-state index contributed by atoms with van der Waals surface area (Å²) in [4.78, 5) is 19.8. The van der Waals surface area contributed by atoms with Gasteiger partial charge in [0.15, 0.2) is 0 Å². The summed E-state index contributed by atoms with van der Waals surface area (Å²) >= 11 is 0. The third kappa shape index (κ3) is 5.03. The van der Waals surface area contributed by atoms with Crippen LogP contribution < -0.4 is 0 Å². The Kier molecular flexibility index (Phi) is 6.86. The summed E-state index contributed by atoms with van der Waals surface area (Å²) in [6, 6.07) is 58.3. The molecule has 5 aromatic heterocycles. The number of fused-ring (bicyclic) bond motifs is 11. The van der Waals surface area contributed by atoms with Crippen molar-refractivity contribution in [2.75, 3.05) is 0 Å². The topological polar surface area (TPSA) is 56.0 Å². The molecule has 0 aliphatic rings. The Morgan fingerprint density at radius 3 is 1.93 bits per heavy atom. The molecular weight excluding hydrogens is 695 g/mol. The smallest absolute Gasteiger partial charge is 0.146 e. The van der Waals surface area contributed by atoms with Crippen molar-refractivity contribution in [3.05, 3.63) is 189 Å². The van der Waals surface area contributed by atoms with Gasteiger partial charge in [-0.3, -0.25) is 9.97 Å². The largest absolute Gasteiger partial charge is 0.306 e. The normalized spacial score (nSPS) is 11.9. The van der Waals surface area contributed by atoms with Crippen molar-refractivity contribution in [1.29, 1.82) is 0 Å². The highest BCUT2D eigenvalue weighted by atomic mass is 15.0. The number of nitrogens with zero attached hydrogens (tertiary/aromatic N) is 5. The second-order valence-electron chi connectivity index (χ2n) is 14.7. The summed E-state index contributed by atoms with van der Waals surface area (Å²) in [5, 5.41) is 10.4. The van der Waals surface area contributed by atoms with Crippen LogP contribution in [0.1, 0.15) is 0 Å². The van der Waals surface area contributed by atoms with E-state index in [0.29, 0.717) is 0 Å². The molecule has 5 heterocycles. The first-order chi connectivity index (χ1) is 28.2. The van der Waals surface area contributed by atoms with Gasteiger partial charge in [0.25, 0.3) is 0 Å². The molecule has 0 atom stereocenters. The van der Waals surface area contributed by atoms with Gasteiger partial charge in [-0.15, -0.1) is 0 Å². The van der Waals surface area contributed by atoms with Crippen LogP contribution in [0.2, 0.25) is 0 Å². The van der Waals surface area contributed by atoms with E-state index in [1.165, 1.54) is 38.2 Å². The Morgan fingerprint density at radius 1 is 0.404 bits per heavy atom. The zero-order valence-corrected chi connectivity index (χ0v) is 30.6. The lowest BCUT2D eigenvalue weighted by Gasteiger charge is -2.13. The molecule has 12 aromatic rings. The summed E-state index contributed by atoms with van der Waals surface area (Å²) in [6.45, 7) is 0. The van der Waals surface area contributed by atoms with Gasteiger partial charge in [0.2, 0.25) is 0 Å². The van der Waals surface area contributed by atoms with Crippen LogP contribution in [0.25, 0.3) is 115 Å². The highest BCUT2D eigenvalue weighted by molar-refractivity contribution is 6.17. The van der Waals surface area contributed by atoms with E-state index < -0.39 is 0 Å². The Hall–Kier alpha value is -7.76. The zero-order valence-electron chi connectivity index (χ0n) is 30.6. The minimum Gasteiger partial charge on any atom is -0.306 e. The Morgan fingerprint density at radius 2 is 1.09 bits per heavy atom. The van der Waals surface area contributed by atoms with Crippen molar-refractivity contribution in [2.24, 2.45) is 0 Å². The number of pyridine rings is 4. The van der Waals surface area contributed by atoms with Gasteiger partial charge < -0.3 is 4.40 Å². The predicted molar refractivity (Wildman–Crippen MR) is 235 cm³/mol. The monoisotopic (exact) mass is 725 g/mol. The third-order valence-electron chi connectivity index (χ3n) is 11.5. The van der Waals surface area contributed by atoms with Crippen molar-refractivity contribution in [2.45, 2.75) is 0 Å². The van der Waals surface area contributed by atoms with Gasteiger partial charge in [-0.05, 0) is 86.3 Å². The number of para-hydroxylation sites is 1. The lowest BCUT2D eigenvalue weighted by atomic mass is 9.93. The second kappa shape index (κ2) is 12.4. The molecule has 57 heavy (non-hydrogen) atoms. The molecule has 0 fully saturated rings. The highest BCUT2D eigenvalue weighted by Crippen LogP contribution is 2.39. The summed E-state index contributed by atoms with van der Waals surface area (Å²) in [5.74, 6) is 0. The number of hydrogen-bond donors (Lipinski definition) is 0. The van der Waals surface area contributed by atoms with Gasteiger partial charge in [-0.25, -0.2) is 9.97 Å². The van der Waals surface area contributed by atoms with E-state index in [9.17, 15) is 0 Å². The lowest BCUT2D eigenvalue weighted by molar-refractivity contribution is 1.20. The Balaban J connectivity index is 0.918. The minimum atomic E-state index is 0.930. The van der Waals surface area contributed by atoms with Gasteiger partial charge in [0, 0.05) is 62.8 Å². The number of imidazole rings is 1. The average molecular weight is 726 g/mol. The SMILES string of the molecule is c1ccc(-c2cn3ccc4c(-c5ccc(-c6ccc7c(ccc8cc(-c9cc%10cccnc%10c%10ncccc9%10)ccc87)c6)cc5)nc5ccccc5c4c3n2)cc1. The highest BCUT2D eigenvalue weighted by Gasteiger charge is 2.17. The van der Waals surface area contributed by atoms with Crippen LogP contribution in [-0.4, -0.2) is 24.3 Å². The van der Waals surface area contributed by atoms with Crippen LogP contribution in [0.4, 0.5) is 0 Å². The number of rotatable bonds is 4. The van der Waals surface area contributed by atoms with E-state index in [0.717, 1.165) is 77.2 Å². The van der Waals surface area contributed by atoms with Crippen LogP contribution in [0.15, 0.2) is 189 Å². The third-order valence-corrected chi connectivity index (χ3v) is 11.5. The van der Waals surface area contributed by atoms with E-state index in [4.69, 9.17) is 15.0 Å². The molecule has 0 aliphatic carbocycles. The Labute approximate surface area is 327 Å². The van der Waals surface area contributed by atoms with Gasteiger partial charge in [-0.2, -0.15) is 0 Å². The van der Waals surface area contributed by atoms with Gasteiger partial charge in [-0.1, -0.05) is 121 Å². The van der Waals surface area contributed by atoms with Crippen molar-refractivity contribution in [3.8, 4) is 44.8 Å². The molecule has 0 radical (unpaired) electrons. The Bertz CT molecular complexity index is 3570. The first-order valence-electron chi connectivity index (χ1n) is 19.2. The van der Waals surface area contributed by atoms with E-state index in [1.807, 2.05) is 30.6 Å². The molecule has 0 spiro atoms. The first kappa shape index (κ1) is 31.6. The maximum Gasteiger partial charge on any atom is 0.146 e. The maximum atomic E-state index is 5.23. The van der Waals surface area contributed by atoms with Crippen molar-refractivity contribution in [3.63, 3.8) is 0 Å². The van der Waals surface area contributed by atoms with Crippen LogP contribution in [0.3, 0.4) is 0 Å². The van der Waals surface area contributed by atoms with E-state index in [-0.39, 0.29) is 0 Å². The average Bonchev–Trinajstić information content (AvgIpc) is 3.73. The van der Waals surface area contributed by atoms with Crippen molar-refractivity contribution >= 4 is 70.7 Å². The van der Waals surface area contributed by atoms with Crippen LogP contribution in [0.5, 0.6) is 0 Å². The molecule has 0 unspecified atom stereocenters. The molecule has 0 saturated heterocycles. The van der Waals surface area contributed by atoms with Gasteiger partial charge in [0.05, 0.1) is 27.9 Å². The molecule has 12 rings (SSSR count). The molecule has 0 bridgehead atoms. The number of benzene rings is 7. The molecule has 0 saturated carbocycles. The maximum absolute atomic E-state index is 5.23.